The summed E-state index contributed by atoms with van der Waals surface area (Å²) in [6.45, 7) is 12.0. The third-order valence-corrected chi connectivity index (χ3v) is 8.02. The van der Waals surface area contributed by atoms with Crippen LogP contribution in [0.2, 0.25) is 0 Å². The highest BCUT2D eigenvalue weighted by molar-refractivity contribution is 5.78. The summed E-state index contributed by atoms with van der Waals surface area (Å²) in [5.41, 5.74) is -0.0970. The van der Waals surface area contributed by atoms with Crippen molar-refractivity contribution in [1.29, 1.82) is 0 Å². The van der Waals surface area contributed by atoms with Crippen molar-refractivity contribution in [2.45, 2.75) is 53.2 Å². The Morgan fingerprint density at radius 3 is 2.35 bits per heavy atom. The molecule has 1 aliphatic heterocycles. The van der Waals surface area contributed by atoms with Crippen LogP contribution in [0.15, 0.2) is 0 Å². The lowest BCUT2D eigenvalue weighted by Crippen LogP contribution is -2.61. The van der Waals surface area contributed by atoms with E-state index in [2.05, 4.69) is 34.6 Å². The van der Waals surface area contributed by atoms with Crippen molar-refractivity contribution in [3.05, 3.63) is 0 Å². The Labute approximate surface area is 139 Å². The Hall–Kier alpha value is -0.610. The van der Waals surface area contributed by atoms with Crippen LogP contribution in [0.5, 0.6) is 0 Å². The fraction of sp³-hybridized carbons (Fsp3) is 0.947. The van der Waals surface area contributed by atoms with Crippen molar-refractivity contribution >= 4 is 5.97 Å². The average molecular weight is 324 g/mol. The molecule has 1 N–H and O–H groups in total. The van der Waals surface area contributed by atoms with Gasteiger partial charge in [0.25, 0.3) is 5.79 Å². The molecule has 2 aliphatic carbocycles. The first-order valence-corrected chi connectivity index (χ1v) is 9.15. The van der Waals surface area contributed by atoms with Crippen molar-refractivity contribution in [3.63, 3.8) is 0 Å². The smallest absolute Gasteiger partial charge is 0.366 e. The topological polar surface area (TPSA) is 55.8 Å². The summed E-state index contributed by atoms with van der Waals surface area (Å²) >= 11 is 0. The summed E-state index contributed by atoms with van der Waals surface area (Å²) in [6.07, 6.45) is 2.18. The summed E-state index contributed by atoms with van der Waals surface area (Å²) in [5, 5.41) is 11.1. The van der Waals surface area contributed by atoms with Gasteiger partial charge in [0.1, 0.15) is 0 Å². The predicted octanol–water partition coefficient (Wildman–Crippen LogP) is 3.08. The molecule has 132 valence electrons. The number of hydrogen-bond acceptors (Lipinski definition) is 4. The van der Waals surface area contributed by atoms with E-state index in [0.29, 0.717) is 36.2 Å². The monoisotopic (exact) mass is 324 g/mol. The van der Waals surface area contributed by atoms with E-state index in [1.165, 1.54) is 7.11 Å². The van der Waals surface area contributed by atoms with E-state index in [4.69, 9.17) is 9.47 Å². The average Bonchev–Trinajstić information content (AvgIpc) is 2.83. The first-order valence-electron chi connectivity index (χ1n) is 9.15. The zero-order chi connectivity index (χ0) is 17.2. The largest absolute Gasteiger partial charge is 0.465 e. The molecule has 23 heavy (non-hydrogen) atoms. The minimum atomic E-state index is -1.78. The summed E-state index contributed by atoms with van der Waals surface area (Å²) in [6, 6.07) is 0. The number of carbonyl (C=O) groups is 1. The lowest BCUT2D eigenvalue weighted by Gasteiger charge is -2.60. The molecule has 2 saturated carbocycles. The molecular weight excluding hydrogens is 292 g/mol. The number of ether oxygens (including phenoxy) is 2. The van der Waals surface area contributed by atoms with Gasteiger partial charge in [-0.05, 0) is 48.3 Å². The predicted molar refractivity (Wildman–Crippen MR) is 87.4 cm³/mol. The van der Waals surface area contributed by atoms with E-state index < -0.39 is 11.8 Å². The van der Waals surface area contributed by atoms with E-state index >= 15 is 0 Å². The van der Waals surface area contributed by atoms with Crippen LogP contribution >= 0.6 is 0 Å². The van der Waals surface area contributed by atoms with Crippen molar-refractivity contribution in [2.24, 2.45) is 46.8 Å². The number of methoxy groups -OCH3 is 1. The third-order valence-electron chi connectivity index (χ3n) is 8.02. The SMILES string of the molecule is COC(=O)C1(O)OCC23CCC(C)C(C)C2C(C)C(C)C(C)C13. The zero-order valence-electron chi connectivity index (χ0n) is 15.3. The van der Waals surface area contributed by atoms with E-state index in [1.807, 2.05) is 0 Å². The lowest BCUT2D eigenvalue weighted by molar-refractivity contribution is -0.236. The normalized spacial score (nSPS) is 55.9. The molecule has 1 spiro atoms. The molecule has 0 amide bonds. The third kappa shape index (κ3) is 2.07. The highest BCUT2D eigenvalue weighted by Crippen LogP contribution is 2.67. The molecule has 1 saturated heterocycles. The summed E-state index contributed by atoms with van der Waals surface area (Å²) < 4.78 is 10.7. The van der Waals surface area contributed by atoms with Gasteiger partial charge in [0.2, 0.25) is 0 Å². The number of hydrogen-bond donors (Lipinski definition) is 1. The second kappa shape index (κ2) is 5.45. The molecule has 0 aromatic heterocycles. The van der Waals surface area contributed by atoms with Crippen LogP contribution in [-0.2, 0) is 14.3 Å². The second-order valence-corrected chi connectivity index (χ2v) is 8.67. The van der Waals surface area contributed by atoms with E-state index in [-0.39, 0.29) is 17.3 Å². The number of aliphatic hydroxyl groups is 1. The van der Waals surface area contributed by atoms with Crippen LogP contribution in [0.1, 0.15) is 47.5 Å². The fourth-order valence-corrected chi connectivity index (χ4v) is 6.47. The molecule has 1 heterocycles. The Morgan fingerprint density at radius 1 is 1.09 bits per heavy atom. The van der Waals surface area contributed by atoms with E-state index in [1.54, 1.807) is 0 Å². The Kier molecular flexibility index (Phi) is 4.08. The van der Waals surface area contributed by atoms with Crippen molar-refractivity contribution in [1.82, 2.24) is 0 Å². The van der Waals surface area contributed by atoms with E-state index in [0.717, 1.165) is 12.8 Å². The Bertz CT molecular complexity index is 492. The maximum Gasteiger partial charge on any atom is 0.366 e. The van der Waals surface area contributed by atoms with Gasteiger partial charge in [-0.25, -0.2) is 4.79 Å². The van der Waals surface area contributed by atoms with Gasteiger partial charge in [-0.2, -0.15) is 0 Å². The van der Waals surface area contributed by atoms with Crippen LogP contribution in [0, 0.1) is 46.8 Å². The van der Waals surface area contributed by atoms with Gasteiger partial charge in [0.15, 0.2) is 0 Å². The van der Waals surface area contributed by atoms with Crippen LogP contribution in [0.25, 0.3) is 0 Å². The highest BCUT2D eigenvalue weighted by atomic mass is 16.7. The minimum absolute atomic E-state index is 0.0970. The molecule has 0 radical (unpaired) electrons. The molecule has 9 atom stereocenters. The maximum absolute atomic E-state index is 12.3. The molecule has 9 unspecified atom stereocenters. The van der Waals surface area contributed by atoms with Crippen LogP contribution in [0.4, 0.5) is 0 Å². The zero-order valence-corrected chi connectivity index (χ0v) is 15.3. The second-order valence-electron chi connectivity index (χ2n) is 8.67. The molecule has 3 fully saturated rings. The molecule has 0 bridgehead atoms. The Balaban J connectivity index is 2.10. The van der Waals surface area contributed by atoms with Crippen LogP contribution in [-0.4, -0.2) is 30.6 Å². The van der Waals surface area contributed by atoms with Gasteiger partial charge in [-0.15, -0.1) is 0 Å². The summed E-state index contributed by atoms with van der Waals surface area (Å²) in [5.74, 6) is 0.426. The number of carbonyl (C=O) groups excluding carboxylic acids is 1. The molecule has 4 heteroatoms. The standard InChI is InChI=1S/C19H32O4/c1-10-7-8-18-9-23-19(21,17(20)22-6)16(18)14(5)12(3)13(4)15(18)11(10)2/h10-16,21H,7-9H2,1-6H3. The van der Waals surface area contributed by atoms with Crippen molar-refractivity contribution in [3.8, 4) is 0 Å². The molecule has 3 aliphatic rings. The number of rotatable bonds is 1. The van der Waals surface area contributed by atoms with Gasteiger partial charge < -0.3 is 14.6 Å². The van der Waals surface area contributed by atoms with Crippen molar-refractivity contribution in [2.75, 3.05) is 13.7 Å². The first kappa shape index (κ1) is 17.2. The van der Waals surface area contributed by atoms with E-state index in [9.17, 15) is 9.90 Å². The summed E-state index contributed by atoms with van der Waals surface area (Å²) in [7, 11) is 1.33. The minimum Gasteiger partial charge on any atom is -0.465 e. The van der Waals surface area contributed by atoms with Gasteiger partial charge in [0, 0.05) is 11.3 Å². The highest BCUT2D eigenvalue weighted by Gasteiger charge is 2.71. The molecule has 0 aromatic rings. The lowest BCUT2D eigenvalue weighted by atomic mass is 9.43. The van der Waals surface area contributed by atoms with Gasteiger partial charge in [-0.3, -0.25) is 0 Å². The first-order chi connectivity index (χ1) is 10.7. The molecule has 4 nitrogen and oxygen atoms in total. The van der Waals surface area contributed by atoms with Crippen LogP contribution in [0.3, 0.4) is 0 Å². The molecule has 3 rings (SSSR count). The quantitative estimate of drug-likeness (QED) is 0.753. The molecular formula is C19H32O4. The molecule has 0 aromatic carbocycles. The van der Waals surface area contributed by atoms with Crippen LogP contribution < -0.4 is 0 Å². The van der Waals surface area contributed by atoms with Gasteiger partial charge in [-0.1, -0.05) is 34.6 Å². The maximum atomic E-state index is 12.3. The van der Waals surface area contributed by atoms with Gasteiger partial charge >= 0.3 is 5.97 Å². The fourth-order valence-electron chi connectivity index (χ4n) is 6.47. The van der Waals surface area contributed by atoms with Crippen molar-refractivity contribution < 1.29 is 19.4 Å². The van der Waals surface area contributed by atoms with Gasteiger partial charge in [0.05, 0.1) is 13.7 Å². The summed E-state index contributed by atoms with van der Waals surface area (Å²) in [4.78, 5) is 12.3. The Morgan fingerprint density at radius 2 is 1.74 bits per heavy atom. The number of esters is 1.